The Morgan fingerprint density at radius 2 is 1.88 bits per heavy atom. The molecule has 2 aliphatic rings. The molecule has 2 rings (SSSR count). The largest absolute Gasteiger partial charge is 0.343 e. The van der Waals surface area contributed by atoms with Crippen molar-refractivity contribution in [3.63, 3.8) is 0 Å². The van der Waals surface area contributed by atoms with Crippen LogP contribution >= 0.6 is 0 Å². The normalized spacial score (nSPS) is 23.9. The van der Waals surface area contributed by atoms with Crippen molar-refractivity contribution in [2.45, 2.75) is 64.0 Å². The lowest BCUT2D eigenvalue weighted by atomic mass is 10.2. The molecule has 1 amide bonds. The van der Waals surface area contributed by atoms with Gasteiger partial charge in [0.2, 0.25) is 5.91 Å². The Morgan fingerprint density at radius 3 is 2.44 bits per heavy atom. The molecular formula is C13H24N2O. The van der Waals surface area contributed by atoms with Crippen molar-refractivity contribution in [2.24, 2.45) is 0 Å². The average molecular weight is 224 g/mol. The first-order valence-corrected chi connectivity index (χ1v) is 6.79. The van der Waals surface area contributed by atoms with Crippen LogP contribution in [0.3, 0.4) is 0 Å². The fourth-order valence-electron chi connectivity index (χ4n) is 2.42. The molecule has 1 aliphatic heterocycles. The quantitative estimate of drug-likeness (QED) is 0.791. The fourth-order valence-corrected chi connectivity index (χ4v) is 2.42. The standard InChI is InChI=1S/C13H24N2O/c1-11(14-12-6-7-12)10-13(16)15-8-4-2-3-5-9-15/h11-12,14H,2-10H2,1H3. The molecule has 0 aromatic rings. The topological polar surface area (TPSA) is 32.3 Å². The first-order chi connectivity index (χ1) is 7.75. The molecule has 0 radical (unpaired) electrons. The maximum absolute atomic E-state index is 12.0. The van der Waals surface area contributed by atoms with Crippen molar-refractivity contribution < 1.29 is 4.79 Å². The van der Waals surface area contributed by atoms with Crippen molar-refractivity contribution >= 4 is 5.91 Å². The number of nitrogens with zero attached hydrogens (tertiary/aromatic N) is 1. The molecule has 0 spiro atoms. The molecule has 1 saturated carbocycles. The third kappa shape index (κ3) is 3.78. The van der Waals surface area contributed by atoms with Crippen molar-refractivity contribution in [3.05, 3.63) is 0 Å². The second-order valence-electron chi connectivity index (χ2n) is 5.34. The molecule has 3 heteroatoms. The summed E-state index contributed by atoms with van der Waals surface area (Å²) >= 11 is 0. The summed E-state index contributed by atoms with van der Waals surface area (Å²) < 4.78 is 0. The summed E-state index contributed by atoms with van der Waals surface area (Å²) in [4.78, 5) is 14.1. The highest BCUT2D eigenvalue weighted by Gasteiger charge is 2.25. The maximum Gasteiger partial charge on any atom is 0.224 e. The third-order valence-electron chi connectivity index (χ3n) is 3.54. The highest BCUT2D eigenvalue weighted by molar-refractivity contribution is 5.76. The van der Waals surface area contributed by atoms with E-state index in [1.807, 2.05) is 0 Å². The average Bonchev–Trinajstić information content (AvgIpc) is 3.02. The molecule has 1 aliphatic carbocycles. The lowest BCUT2D eigenvalue weighted by Crippen LogP contribution is -2.38. The van der Waals surface area contributed by atoms with Crippen LogP contribution in [-0.4, -0.2) is 36.0 Å². The van der Waals surface area contributed by atoms with E-state index in [2.05, 4.69) is 17.1 Å². The smallest absolute Gasteiger partial charge is 0.224 e. The van der Waals surface area contributed by atoms with Gasteiger partial charge in [0, 0.05) is 31.6 Å². The van der Waals surface area contributed by atoms with Crippen LogP contribution in [0, 0.1) is 0 Å². The van der Waals surface area contributed by atoms with Gasteiger partial charge in [0.25, 0.3) is 0 Å². The van der Waals surface area contributed by atoms with Gasteiger partial charge in [-0.2, -0.15) is 0 Å². The number of hydrogen-bond acceptors (Lipinski definition) is 2. The summed E-state index contributed by atoms with van der Waals surface area (Å²) in [7, 11) is 0. The Bertz CT molecular complexity index is 230. The highest BCUT2D eigenvalue weighted by atomic mass is 16.2. The number of rotatable bonds is 4. The highest BCUT2D eigenvalue weighted by Crippen LogP contribution is 2.20. The van der Waals surface area contributed by atoms with Crippen molar-refractivity contribution in [1.82, 2.24) is 10.2 Å². The first-order valence-electron chi connectivity index (χ1n) is 6.79. The molecular weight excluding hydrogens is 200 g/mol. The lowest BCUT2D eigenvalue weighted by Gasteiger charge is -2.22. The van der Waals surface area contributed by atoms with E-state index in [1.54, 1.807) is 0 Å². The molecule has 1 heterocycles. The van der Waals surface area contributed by atoms with Gasteiger partial charge in [0.15, 0.2) is 0 Å². The van der Waals surface area contributed by atoms with Gasteiger partial charge in [0.1, 0.15) is 0 Å². The molecule has 3 nitrogen and oxygen atoms in total. The van der Waals surface area contributed by atoms with Crippen LogP contribution in [0.4, 0.5) is 0 Å². The monoisotopic (exact) mass is 224 g/mol. The number of hydrogen-bond donors (Lipinski definition) is 1. The van der Waals surface area contributed by atoms with Gasteiger partial charge in [-0.25, -0.2) is 0 Å². The van der Waals surface area contributed by atoms with E-state index in [4.69, 9.17) is 0 Å². The Hall–Kier alpha value is -0.570. The predicted molar refractivity (Wildman–Crippen MR) is 65.3 cm³/mol. The van der Waals surface area contributed by atoms with E-state index in [9.17, 15) is 4.79 Å². The summed E-state index contributed by atoms with van der Waals surface area (Å²) in [6, 6.07) is 1.05. The van der Waals surface area contributed by atoms with E-state index < -0.39 is 0 Å². The number of nitrogens with one attached hydrogen (secondary N) is 1. The maximum atomic E-state index is 12.0. The van der Waals surface area contributed by atoms with E-state index in [-0.39, 0.29) is 0 Å². The number of carbonyl (C=O) groups is 1. The summed E-state index contributed by atoms with van der Waals surface area (Å²) in [5.41, 5.74) is 0. The van der Waals surface area contributed by atoms with Crippen LogP contribution < -0.4 is 5.32 Å². The van der Waals surface area contributed by atoms with Crippen molar-refractivity contribution in [1.29, 1.82) is 0 Å². The van der Waals surface area contributed by atoms with Gasteiger partial charge in [-0.15, -0.1) is 0 Å². The molecule has 16 heavy (non-hydrogen) atoms. The SMILES string of the molecule is CC(CC(=O)N1CCCCCC1)NC1CC1. The van der Waals surface area contributed by atoms with Gasteiger partial charge in [0.05, 0.1) is 0 Å². The molecule has 92 valence electrons. The van der Waals surface area contributed by atoms with Gasteiger partial charge < -0.3 is 10.2 Å². The fraction of sp³-hybridized carbons (Fsp3) is 0.923. The Labute approximate surface area is 98.6 Å². The van der Waals surface area contributed by atoms with E-state index >= 15 is 0 Å². The zero-order valence-electron chi connectivity index (χ0n) is 10.4. The zero-order chi connectivity index (χ0) is 11.4. The third-order valence-corrected chi connectivity index (χ3v) is 3.54. The number of likely N-dealkylation sites (tertiary alicyclic amines) is 1. The minimum Gasteiger partial charge on any atom is -0.343 e. The molecule has 0 bridgehead atoms. The minimum absolute atomic E-state index is 0.350. The molecule has 1 atom stereocenters. The Morgan fingerprint density at radius 1 is 1.25 bits per heavy atom. The molecule has 0 aromatic carbocycles. The van der Waals surface area contributed by atoms with Crippen LogP contribution in [0.1, 0.15) is 51.9 Å². The summed E-state index contributed by atoms with van der Waals surface area (Å²) in [6.07, 6.45) is 8.23. The van der Waals surface area contributed by atoms with E-state index in [0.717, 1.165) is 13.1 Å². The van der Waals surface area contributed by atoms with Gasteiger partial charge in [-0.05, 0) is 32.6 Å². The first kappa shape index (κ1) is 11.9. The number of carbonyl (C=O) groups excluding carboxylic acids is 1. The molecule has 1 N–H and O–H groups in total. The van der Waals surface area contributed by atoms with Crippen LogP contribution in [0.5, 0.6) is 0 Å². The Balaban J connectivity index is 1.71. The summed E-state index contributed by atoms with van der Waals surface area (Å²) in [6.45, 7) is 4.10. The second kappa shape index (κ2) is 5.67. The minimum atomic E-state index is 0.350. The van der Waals surface area contributed by atoms with Gasteiger partial charge >= 0.3 is 0 Å². The summed E-state index contributed by atoms with van der Waals surface area (Å²) in [5.74, 6) is 0.350. The molecule has 1 saturated heterocycles. The van der Waals surface area contributed by atoms with Crippen LogP contribution in [0.2, 0.25) is 0 Å². The van der Waals surface area contributed by atoms with Crippen molar-refractivity contribution in [2.75, 3.05) is 13.1 Å². The predicted octanol–water partition coefficient (Wildman–Crippen LogP) is 1.92. The van der Waals surface area contributed by atoms with Gasteiger partial charge in [-0.1, -0.05) is 12.8 Å². The molecule has 0 aromatic heterocycles. The Kier molecular flexibility index (Phi) is 4.22. The van der Waals surface area contributed by atoms with Crippen LogP contribution in [0.15, 0.2) is 0 Å². The molecule has 2 fully saturated rings. The summed E-state index contributed by atoms with van der Waals surface area (Å²) in [5, 5.41) is 3.49. The number of amides is 1. The van der Waals surface area contributed by atoms with E-state index in [0.29, 0.717) is 24.4 Å². The van der Waals surface area contributed by atoms with Crippen molar-refractivity contribution in [3.8, 4) is 0 Å². The second-order valence-corrected chi connectivity index (χ2v) is 5.34. The lowest BCUT2D eigenvalue weighted by molar-refractivity contribution is -0.131. The van der Waals surface area contributed by atoms with Crippen LogP contribution in [0.25, 0.3) is 0 Å². The molecule has 1 unspecified atom stereocenters. The zero-order valence-corrected chi connectivity index (χ0v) is 10.4. The van der Waals surface area contributed by atoms with Gasteiger partial charge in [-0.3, -0.25) is 4.79 Å². The van der Waals surface area contributed by atoms with E-state index in [1.165, 1.54) is 38.5 Å². The van der Waals surface area contributed by atoms with Crippen LogP contribution in [-0.2, 0) is 4.79 Å².